The molecule has 8 nitrogen and oxygen atoms in total. The summed E-state index contributed by atoms with van der Waals surface area (Å²) in [5.74, 6) is -1.60. The van der Waals surface area contributed by atoms with Crippen molar-refractivity contribution >= 4 is 33.5 Å². The molecule has 9 heteroatoms. The number of hydrogen-bond acceptors (Lipinski definition) is 4. The maximum absolute atomic E-state index is 12.2. The fourth-order valence-corrected chi connectivity index (χ4v) is 2.44. The van der Waals surface area contributed by atoms with Gasteiger partial charge in [-0.05, 0) is 33.6 Å². The fraction of sp³-hybridized carbons (Fsp3) is 0.0667. The molecule has 0 saturated heterocycles. The van der Waals surface area contributed by atoms with E-state index in [0.29, 0.717) is 12.1 Å². The Labute approximate surface area is 144 Å². The third kappa shape index (κ3) is 3.51. The lowest BCUT2D eigenvalue weighted by Crippen LogP contribution is -2.14. The minimum absolute atomic E-state index is 0.123. The number of carboxylic acids is 1. The lowest BCUT2D eigenvalue weighted by Gasteiger charge is -2.06. The normalized spacial score (nSPS) is 10.5. The van der Waals surface area contributed by atoms with Crippen LogP contribution in [0.15, 0.2) is 47.3 Å². The second kappa shape index (κ2) is 6.67. The molecule has 0 aliphatic rings. The second-order valence-corrected chi connectivity index (χ2v) is 5.89. The van der Waals surface area contributed by atoms with Crippen molar-refractivity contribution in [2.24, 2.45) is 0 Å². The zero-order valence-electron chi connectivity index (χ0n) is 12.2. The van der Waals surface area contributed by atoms with E-state index in [9.17, 15) is 9.59 Å². The highest BCUT2D eigenvalue weighted by Crippen LogP contribution is 2.14. The second-order valence-electron chi connectivity index (χ2n) is 4.97. The van der Waals surface area contributed by atoms with Crippen molar-refractivity contribution in [2.75, 3.05) is 5.32 Å². The standard InChI is InChI=1S/C15H12BrN5O3/c16-11-5-18-21(8-11)7-9-1-3-10(4-2-9)14(22)19-12-6-17-20-13(12)15(23)24/h1-6,8H,7H2,(H,17,20)(H,19,22)(H,23,24). The summed E-state index contributed by atoms with van der Waals surface area (Å²) >= 11 is 3.33. The highest BCUT2D eigenvalue weighted by molar-refractivity contribution is 9.10. The molecule has 0 radical (unpaired) electrons. The Bertz CT molecular complexity index is 885. The number of carbonyl (C=O) groups excluding carboxylic acids is 1. The number of nitrogens with one attached hydrogen (secondary N) is 2. The summed E-state index contributed by atoms with van der Waals surface area (Å²) in [7, 11) is 0. The first kappa shape index (κ1) is 15.9. The number of H-pyrrole nitrogens is 1. The largest absolute Gasteiger partial charge is 0.476 e. The van der Waals surface area contributed by atoms with Crippen molar-refractivity contribution in [1.82, 2.24) is 20.0 Å². The summed E-state index contributed by atoms with van der Waals surface area (Å²) in [4.78, 5) is 23.2. The summed E-state index contributed by atoms with van der Waals surface area (Å²) in [5, 5.41) is 21.6. The molecule has 2 heterocycles. The quantitative estimate of drug-likeness (QED) is 0.619. The van der Waals surface area contributed by atoms with Crippen molar-refractivity contribution in [3.63, 3.8) is 0 Å². The van der Waals surface area contributed by atoms with Crippen molar-refractivity contribution in [2.45, 2.75) is 6.54 Å². The Kier molecular flexibility index (Phi) is 4.43. The van der Waals surface area contributed by atoms with Gasteiger partial charge in [0.2, 0.25) is 0 Å². The molecule has 0 bridgehead atoms. The van der Waals surface area contributed by atoms with E-state index >= 15 is 0 Å². The highest BCUT2D eigenvalue weighted by Gasteiger charge is 2.15. The third-order valence-corrected chi connectivity index (χ3v) is 3.67. The summed E-state index contributed by atoms with van der Waals surface area (Å²) in [6.45, 7) is 0.582. The molecule has 3 N–H and O–H groups in total. The van der Waals surface area contributed by atoms with Crippen molar-refractivity contribution in [1.29, 1.82) is 0 Å². The Morgan fingerprint density at radius 3 is 2.62 bits per heavy atom. The van der Waals surface area contributed by atoms with Crippen LogP contribution < -0.4 is 5.32 Å². The van der Waals surface area contributed by atoms with Gasteiger partial charge in [0.15, 0.2) is 5.69 Å². The first-order valence-corrected chi connectivity index (χ1v) is 7.67. The number of hydrogen-bond donors (Lipinski definition) is 3. The van der Waals surface area contributed by atoms with Crippen molar-refractivity contribution in [3.05, 3.63) is 64.1 Å². The first-order chi connectivity index (χ1) is 11.5. The Hall–Kier alpha value is -2.94. The fourth-order valence-electron chi connectivity index (χ4n) is 2.11. The van der Waals surface area contributed by atoms with Gasteiger partial charge in [0.25, 0.3) is 5.91 Å². The van der Waals surface area contributed by atoms with E-state index in [1.807, 2.05) is 18.3 Å². The lowest BCUT2D eigenvalue weighted by molar-refractivity contribution is 0.0691. The minimum Gasteiger partial charge on any atom is -0.476 e. The number of anilines is 1. The van der Waals surface area contributed by atoms with Gasteiger partial charge in [-0.1, -0.05) is 12.1 Å². The molecule has 0 aliphatic heterocycles. The van der Waals surface area contributed by atoms with Crippen molar-refractivity contribution < 1.29 is 14.7 Å². The topological polar surface area (TPSA) is 113 Å². The zero-order chi connectivity index (χ0) is 17.1. The number of amides is 1. The van der Waals surface area contributed by atoms with E-state index in [4.69, 9.17) is 5.11 Å². The molecular weight excluding hydrogens is 378 g/mol. The molecule has 3 rings (SSSR count). The number of aromatic amines is 1. The van der Waals surface area contributed by atoms with Crippen LogP contribution in [-0.4, -0.2) is 37.0 Å². The molecule has 0 spiro atoms. The van der Waals surface area contributed by atoms with Gasteiger partial charge in [-0.3, -0.25) is 14.6 Å². The maximum atomic E-state index is 12.2. The monoisotopic (exact) mass is 389 g/mol. The number of nitrogens with zero attached hydrogens (tertiary/aromatic N) is 3. The van der Waals surface area contributed by atoms with E-state index in [-0.39, 0.29) is 11.4 Å². The van der Waals surface area contributed by atoms with Crippen LogP contribution in [0.2, 0.25) is 0 Å². The molecule has 0 saturated carbocycles. The number of benzene rings is 1. The predicted molar refractivity (Wildman–Crippen MR) is 89.0 cm³/mol. The zero-order valence-corrected chi connectivity index (χ0v) is 13.8. The van der Waals surface area contributed by atoms with Gasteiger partial charge < -0.3 is 10.4 Å². The molecule has 0 fully saturated rings. The summed E-state index contributed by atoms with van der Waals surface area (Å²) in [6.07, 6.45) is 4.81. The van der Waals surface area contributed by atoms with Crippen LogP contribution in [0.25, 0.3) is 0 Å². The van der Waals surface area contributed by atoms with E-state index in [1.54, 1.807) is 23.0 Å². The SMILES string of the molecule is O=C(Nc1cn[nH]c1C(=O)O)c1ccc(Cn2cc(Br)cn2)cc1. The van der Waals surface area contributed by atoms with E-state index in [2.05, 4.69) is 36.5 Å². The smallest absolute Gasteiger partial charge is 0.356 e. The van der Waals surface area contributed by atoms with E-state index < -0.39 is 11.9 Å². The number of halogens is 1. The van der Waals surface area contributed by atoms with Gasteiger partial charge in [0, 0.05) is 11.8 Å². The predicted octanol–water partition coefficient (Wildman–Crippen LogP) is 2.37. The Balaban J connectivity index is 1.69. The average molecular weight is 390 g/mol. The number of carbonyl (C=O) groups is 2. The van der Waals surface area contributed by atoms with Gasteiger partial charge in [0.1, 0.15) is 0 Å². The number of aromatic nitrogens is 4. The molecule has 1 amide bonds. The van der Waals surface area contributed by atoms with E-state index in [0.717, 1.165) is 10.0 Å². The third-order valence-electron chi connectivity index (χ3n) is 3.26. The highest BCUT2D eigenvalue weighted by atomic mass is 79.9. The van der Waals surface area contributed by atoms with Gasteiger partial charge in [-0.15, -0.1) is 0 Å². The molecule has 0 aliphatic carbocycles. The molecule has 0 unspecified atom stereocenters. The molecular formula is C15H12BrN5O3. The average Bonchev–Trinajstić information content (AvgIpc) is 3.17. The van der Waals surface area contributed by atoms with E-state index in [1.165, 1.54) is 6.20 Å². The van der Waals surface area contributed by atoms with Crippen LogP contribution in [0.5, 0.6) is 0 Å². The van der Waals surface area contributed by atoms with Crippen LogP contribution in [0, 0.1) is 0 Å². The lowest BCUT2D eigenvalue weighted by atomic mass is 10.1. The summed E-state index contributed by atoms with van der Waals surface area (Å²) in [5.41, 5.74) is 1.36. The van der Waals surface area contributed by atoms with Crippen LogP contribution in [0.4, 0.5) is 5.69 Å². The van der Waals surface area contributed by atoms with Gasteiger partial charge in [0.05, 0.1) is 29.1 Å². The Morgan fingerprint density at radius 1 is 1.25 bits per heavy atom. The van der Waals surface area contributed by atoms with Crippen LogP contribution in [-0.2, 0) is 6.54 Å². The van der Waals surface area contributed by atoms with Crippen LogP contribution in [0.3, 0.4) is 0 Å². The number of rotatable bonds is 5. The first-order valence-electron chi connectivity index (χ1n) is 6.88. The molecule has 24 heavy (non-hydrogen) atoms. The number of carboxylic acid groups (broad SMARTS) is 1. The summed E-state index contributed by atoms with van der Waals surface area (Å²) < 4.78 is 2.66. The molecule has 1 aromatic carbocycles. The molecule has 2 aromatic heterocycles. The molecule has 122 valence electrons. The van der Waals surface area contributed by atoms with Crippen LogP contribution in [0.1, 0.15) is 26.4 Å². The molecule has 3 aromatic rings. The minimum atomic E-state index is -1.19. The van der Waals surface area contributed by atoms with Crippen molar-refractivity contribution in [3.8, 4) is 0 Å². The summed E-state index contributed by atoms with van der Waals surface area (Å²) in [6, 6.07) is 6.98. The maximum Gasteiger partial charge on any atom is 0.356 e. The Morgan fingerprint density at radius 2 is 2.00 bits per heavy atom. The van der Waals surface area contributed by atoms with Crippen LogP contribution >= 0.6 is 15.9 Å². The molecule has 0 atom stereocenters. The van der Waals surface area contributed by atoms with Gasteiger partial charge >= 0.3 is 5.97 Å². The van der Waals surface area contributed by atoms with Gasteiger partial charge in [-0.25, -0.2) is 4.79 Å². The number of aromatic carboxylic acids is 1. The van der Waals surface area contributed by atoms with Gasteiger partial charge in [-0.2, -0.15) is 10.2 Å².